The number of aromatic nitrogens is 1. The number of para-hydroxylation sites is 1. The van der Waals surface area contributed by atoms with E-state index in [0.717, 1.165) is 11.3 Å². The maximum absolute atomic E-state index is 13.9. The molecule has 1 aromatic heterocycles. The number of carbonyl (C=O) groups is 2. The Labute approximate surface area is 215 Å². The number of nitrogens with zero attached hydrogens (tertiary/aromatic N) is 2. The predicted octanol–water partition coefficient (Wildman–Crippen LogP) is 5.09. The first kappa shape index (κ1) is 24.3. The van der Waals surface area contributed by atoms with Crippen molar-refractivity contribution >= 4 is 44.1 Å². The fourth-order valence-corrected chi connectivity index (χ4v) is 5.36. The van der Waals surface area contributed by atoms with Gasteiger partial charge in [0.1, 0.15) is 23.4 Å². The van der Waals surface area contributed by atoms with Gasteiger partial charge in [-0.25, -0.2) is 9.37 Å². The van der Waals surface area contributed by atoms with Gasteiger partial charge in [-0.15, -0.1) is 0 Å². The lowest BCUT2D eigenvalue weighted by Crippen LogP contribution is -2.29. The van der Waals surface area contributed by atoms with Crippen LogP contribution in [0.4, 0.5) is 9.52 Å². The highest BCUT2D eigenvalue weighted by Crippen LogP contribution is 2.48. The number of aliphatic hydroxyl groups is 1. The number of amides is 1. The molecule has 0 bridgehead atoms. The molecule has 1 aliphatic heterocycles. The summed E-state index contributed by atoms with van der Waals surface area (Å²) in [6, 6.07) is 14.5. The van der Waals surface area contributed by atoms with Crippen molar-refractivity contribution in [2.75, 3.05) is 26.2 Å². The van der Waals surface area contributed by atoms with E-state index in [4.69, 9.17) is 14.2 Å². The van der Waals surface area contributed by atoms with Crippen molar-refractivity contribution in [2.45, 2.75) is 6.04 Å². The Morgan fingerprint density at radius 3 is 2.43 bits per heavy atom. The molecule has 1 N–H and O–H groups in total. The van der Waals surface area contributed by atoms with E-state index in [0.29, 0.717) is 32.8 Å². The average Bonchev–Trinajstić information content (AvgIpc) is 3.45. The third-order valence-electron chi connectivity index (χ3n) is 6.08. The lowest BCUT2D eigenvalue weighted by molar-refractivity contribution is -0.132. The van der Waals surface area contributed by atoms with E-state index in [1.54, 1.807) is 42.5 Å². The van der Waals surface area contributed by atoms with E-state index >= 15 is 0 Å². The van der Waals surface area contributed by atoms with E-state index in [2.05, 4.69) is 4.98 Å². The molecule has 5 rings (SSSR count). The number of thiazole rings is 1. The summed E-state index contributed by atoms with van der Waals surface area (Å²) in [6.07, 6.45) is 0. The van der Waals surface area contributed by atoms with Crippen molar-refractivity contribution in [2.24, 2.45) is 0 Å². The van der Waals surface area contributed by atoms with Crippen molar-refractivity contribution in [1.82, 2.24) is 4.98 Å². The third-order valence-corrected chi connectivity index (χ3v) is 7.10. The molecule has 1 atom stereocenters. The molecule has 0 radical (unpaired) electrons. The summed E-state index contributed by atoms with van der Waals surface area (Å²) in [5.41, 5.74) is 1.04. The van der Waals surface area contributed by atoms with Crippen LogP contribution >= 0.6 is 11.3 Å². The monoisotopic (exact) mass is 520 g/mol. The summed E-state index contributed by atoms with van der Waals surface area (Å²) in [6.45, 7) is 0. The van der Waals surface area contributed by atoms with Crippen molar-refractivity contribution in [3.8, 4) is 17.2 Å². The number of ether oxygens (including phenoxy) is 3. The Bertz CT molecular complexity index is 1560. The molecular weight excluding hydrogens is 499 g/mol. The number of aliphatic hydroxyl groups excluding tert-OH is 1. The van der Waals surface area contributed by atoms with Crippen LogP contribution in [0.5, 0.6) is 17.2 Å². The first-order chi connectivity index (χ1) is 17.9. The molecule has 1 fully saturated rings. The van der Waals surface area contributed by atoms with Crippen LogP contribution in [-0.2, 0) is 9.59 Å². The SMILES string of the molecule is COc1ccc(C(O)=C2C(=O)C(=O)N(c3nc4ccc(F)cc4s3)[C@@H]2c2cccc(OC)c2OC)cc1. The second-order valence-electron chi connectivity index (χ2n) is 8.09. The number of benzene rings is 3. The van der Waals surface area contributed by atoms with Crippen LogP contribution in [-0.4, -0.2) is 43.1 Å². The molecular formula is C27H21FN2O6S. The number of methoxy groups -OCH3 is 3. The topological polar surface area (TPSA) is 98.2 Å². The predicted molar refractivity (Wildman–Crippen MR) is 137 cm³/mol. The summed E-state index contributed by atoms with van der Waals surface area (Å²) in [7, 11) is 4.43. The van der Waals surface area contributed by atoms with E-state index in [1.807, 2.05) is 0 Å². The van der Waals surface area contributed by atoms with Crippen LogP contribution in [0, 0.1) is 5.82 Å². The summed E-state index contributed by atoms with van der Waals surface area (Å²) in [4.78, 5) is 32.6. The molecule has 1 saturated heterocycles. The molecule has 10 heteroatoms. The van der Waals surface area contributed by atoms with Gasteiger partial charge in [-0.2, -0.15) is 0 Å². The smallest absolute Gasteiger partial charge is 0.301 e. The Hall–Kier alpha value is -4.44. The Morgan fingerprint density at radius 1 is 1.00 bits per heavy atom. The minimum absolute atomic E-state index is 0.146. The quantitative estimate of drug-likeness (QED) is 0.215. The Morgan fingerprint density at radius 2 is 1.76 bits per heavy atom. The zero-order valence-corrected chi connectivity index (χ0v) is 20.8. The number of anilines is 1. The molecule has 0 unspecified atom stereocenters. The van der Waals surface area contributed by atoms with Crippen LogP contribution in [0.2, 0.25) is 0 Å². The van der Waals surface area contributed by atoms with Gasteiger partial charge in [0.2, 0.25) is 0 Å². The summed E-state index contributed by atoms with van der Waals surface area (Å²) in [5, 5.41) is 11.5. The van der Waals surface area contributed by atoms with Crippen molar-refractivity contribution < 1.29 is 33.3 Å². The highest BCUT2D eigenvalue weighted by atomic mass is 32.1. The van der Waals surface area contributed by atoms with Crippen LogP contribution in [0.15, 0.2) is 66.2 Å². The van der Waals surface area contributed by atoms with Crippen molar-refractivity contribution in [1.29, 1.82) is 0 Å². The van der Waals surface area contributed by atoms with Gasteiger partial charge in [-0.05, 0) is 48.5 Å². The number of rotatable bonds is 6. The molecule has 1 amide bonds. The second kappa shape index (κ2) is 9.55. The number of fused-ring (bicyclic) bond motifs is 1. The van der Waals surface area contributed by atoms with Gasteiger partial charge in [0.25, 0.3) is 5.78 Å². The normalized spacial score (nSPS) is 16.9. The molecule has 4 aromatic rings. The molecule has 188 valence electrons. The number of ketones is 1. The zero-order valence-electron chi connectivity index (χ0n) is 20.0. The van der Waals surface area contributed by atoms with Crippen LogP contribution in [0.3, 0.4) is 0 Å². The van der Waals surface area contributed by atoms with Gasteiger partial charge in [0, 0.05) is 11.1 Å². The van der Waals surface area contributed by atoms with Crippen molar-refractivity contribution in [3.63, 3.8) is 0 Å². The van der Waals surface area contributed by atoms with Gasteiger partial charge in [0.05, 0.1) is 37.1 Å². The Balaban J connectivity index is 1.77. The number of hydrogen-bond acceptors (Lipinski definition) is 8. The molecule has 0 aliphatic carbocycles. The van der Waals surface area contributed by atoms with Gasteiger partial charge >= 0.3 is 5.91 Å². The average molecular weight is 521 g/mol. The largest absolute Gasteiger partial charge is 0.507 e. The van der Waals surface area contributed by atoms with E-state index in [-0.39, 0.29) is 22.2 Å². The number of carbonyl (C=O) groups excluding carboxylic acids is 2. The zero-order chi connectivity index (χ0) is 26.3. The molecule has 1 aliphatic rings. The fraction of sp³-hybridized carbons (Fsp3) is 0.148. The third kappa shape index (κ3) is 4.05. The molecule has 3 aromatic carbocycles. The minimum atomic E-state index is -1.10. The van der Waals surface area contributed by atoms with E-state index < -0.39 is 23.5 Å². The van der Waals surface area contributed by atoms with Gasteiger partial charge in [0.15, 0.2) is 16.6 Å². The molecule has 0 saturated carbocycles. The fourth-order valence-electron chi connectivity index (χ4n) is 4.35. The molecule has 8 nitrogen and oxygen atoms in total. The Kier molecular flexibility index (Phi) is 6.26. The minimum Gasteiger partial charge on any atom is -0.507 e. The van der Waals surface area contributed by atoms with E-state index in [9.17, 15) is 19.1 Å². The molecule has 2 heterocycles. The van der Waals surface area contributed by atoms with E-state index in [1.165, 1.54) is 44.4 Å². The van der Waals surface area contributed by atoms with Gasteiger partial charge in [-0.1, -0.05) is 23.5 Å². The maximum Gasteiger partial charge on any atom is 0.301 e. The standard InChI is InChI=1S/C27H21FN2O6S/c1-34-16-10-7-14(8-11-16)23(31)21-22(17-5-4-6-19(35-2)25(17)36-3)30(26(33)24(21)32)27-29-18-12-9-15(28)13-20(18)37-27/h4-13,22,31H,1-3H3/t22-/m1/s1. The highest BCUT2D eigenvalue weighted by molar-refractivity contribution is 7.22. The number of Topliss-reactive ketones (excluding diaryl/α,β-unsaturated/α-hetero) is 1. The highest BCUT2D eigenvalue weighted by Gasteiger charge is 2.49. The summed E-state index contributed by atoms with van der Waals surface area (Å²) in [5.74, 6) is -1.38. The summed E-state index contributed by atoms with van der Waals surface area (Å²) < 4.78 is 30.6. The first-order valence-electron chi connectivity index (χ1n) is 11.1. The van der Waals surface area contributed by atoms with Crippen LogP contribution < -0.4 is 19.1 Å². The van der Waals surface area contributed by atoms with Gasteiger partial charge in [-0.3, -0.25) is 14.5 Å². The molecule has 0 spiro atoms. The van der Waals surface area contributed by atoms with Crippen LogP contribution in [0.1, 0.15) is 17.2 Å². The lowest BCUT2D eigenvalue weighted by atomic mass is 9.94. The second-order valence-corrected chi connectivity index (χ2v) is 9.10. The molecule has 37 heavy (non-hydrogen) atoms. The first-order valence-corrected chi connectivity index (χ1v) is 11.9. The number of hydrogen-bond donors (Lipinski definition) is 1. The lowest BCUT2D eigenvalue weighted by Gasteiger charge is -2.25. The van der Waals surface area contributed by atoms with Gasteiger partial charge < -0.3 is 19.3 Å². The summed E-state index contributed by atoms with van der Waals surface area (Å²) >= 11 is 1.06. The van der Waals surface area contributed by atoms with Crippen LogP contribution in [0.25, 0.3) is 16.0 Å². The number of halogens is 1. The maximum atomic E-state index is 13.9. The van der Waals surface area contributed by atoms with Crippen molar-refractivity contribution in [3.05, 3.63) is 83.2 Å².